The molecule has 0 saturated heterocycles. The van der Waals surface area contributed by atoms with Gasteiger partial charge in [-0.3, -0.25) is 4.79 Å². The third-order valence-electron chi connectivity index (χ3n) is 1.10. The van der Waals surface area contributed by atoms with E-state index in [1.807, 2.05) is 0 Å². The quantitative estimate of drug-likeness (QED) is 0.626. The fourth-order valence-electron chi connectivity index (χ4n) is 0.619. The Morgan fingerprint density at radius 3 is 3.25 bits per heavy atom. The van der Waals surface area contributed by atoms with Crippen LogP contribution in [0.25, 0.3) is 0 Å². The zero-order valence-corrected chi connectivity index (χ0v) is 6.07. The minimum Gasteiger partial charge on any atom is -0.427 e. The van der Waals surface area contributed by atoms with Crippen LogP contribution in [0.4, 0.5) is 5.88 Å². The van der Waals surface area contributed by atoms with Crippen LogP contribution in [-0.2, 0) is 4.79 Å². The number of anilines is 1. The van der Waals surface area contributed by atoms with E-state index in [0.29, 0.717) is 0 Å². The minimum absolute atomic E-state index is 0.0795. The Hall–Kier alpha value is -2.03. The molecule has 0 spiro atoms. The monoisotopic (exact) mass is 166 g/mol. The third kappa shape index (κ3) is 1.73. The normalized spacial score (nSPS) is 8.92. The summed E-state index contributed by atoms with van der Waals surface area (Å²) in [6, 6.07) is 1.78. The number of nitriles is 1. The summed E-state index contributed by atoms with van der Waals surface area (Å²) in [5.41, 5.74) is 4.96. The van der Waals surface area contributed by atoms with Crippen molar-refractivity contribution >= 4 is 11.8 Å². The molecule has 1 aromatic heterocycles. The number of rotatable bonds is 3. The molecule has 62 valence electrons. The fourth-order valence-corrected chi connectivity index (χ4v) is 0.619. The van der Waals surface area contributed by atoms with E-state index in [0.717, 1.165) is 6.39 Å². The highest BCUT2D eigenvalue weighted by Crippen LogP contribution is 2.10. The first-order valence-corrected chi connectivity index (χ1v) is 3.10. The number of hydrogen-bond donors (Lipinski definition) is 2. The zero-order valence-electron chi connectivity index (χ0n) is 6.07. The van der Waals surface area contributed by atoms with Gasteiger partial charge < -0.3 is 15.5 Å². The van der Waals surface area contributed by atoms with Crippen LogP contribution in [0.2, 0.25) is 0 Å². The van der Waals surface area contributed by atoms with Crippen LogP contribution in [0, 0.1) is 11.3 Å². The standard InChI is InChI=1S/C6H6N4O2/c7-1-4-6(12-3-10-4)9-2-5(8)11/h3,9H,2H2,(H2,8,11). The Kier molecular flexibility index (Phi) is 2.28. The summed E-state index contributed by atoms with van der Waals surface area (Å²) in [4.78, 5) is 13.9. The molecule has 0 atom stereocenters. The molecule has 0 radical (unpaired) electrons. The first kappa shape index (κ1) is 8.07. The summed E-state index contributed by atoms with van der Waals surface area (Å²) >= 11 is 0. The number of carbonyl (C=O) groups excluding carboxylic acids is 1. The molecule has 0 aromatic carbocycles. The molecule has 6 nitrogen and oxygen atoms in total. The van der Waals surface area contributed by atoms with Crippen molar-refractivity contribution in [2.75, 3.05) is 11.9 Å². The van der Waals surface area contributed by atoms with Crippen LogP contribution < -0.4 is 11.1 Å². The SMILES string of the molecule is N#Cc1ncoc1NCC(N)=O. The Morgan fingerprint density at radius 1 is 1.92 bits per heavy atom. The van der Waals surface area contributed by atoms with Crippen molar-refractivity contribution in [2.45, 2.75) is 0 Å². The Bertz CT molecular complexity index is 325. The van der Waals surface area contributed by atoms with Gasteiger partial charge in [-0.15, -0.1) is 0 Å². The van der Waals surface area contributed by atoms with E-state index in [2.05, 4.69) is 10.3 Å². The summed E-state index contributed by atoms with van der Waals surface area (Å²) < 4.78 is 4.75. The van der Waals surface area contributed by atoms with Crippen LogP contribution in [0.5, 0.6) is 0 Å². The summed E-state index contributed by atoms with van der Waals surface area (Å²) in [6.07, 6.45) is 1.11. The molecule has 1 aromatic rings. The largest absolute Gasteiger partial charge is 0.427 e. The predicted octanol–water partition coefficient (Wildman–Crippen LogP) is -0.557. The topological polar surface area (TPSA) is 105 Å². The van der Waals surface area contributed by atoms with Gasteiger partial charge >= 0.3 is 0 Å². The zero-order chi connectivity index (χ0) is 8.97. The summed E-state index contributed by atoms with van der Waals surface area (Å²) in [5, 5.41) is 11.0. The Labute approximate surface area is 68.0 Å². The summed E-state index contributed by atoms with van der Waals surface area (Å²) in [5.74, 6) is -0.369. The second kappa shape index (κ2) is 3.39. The molecule has 0 fully saturated rings. The molecular formula is C6H6N4O2. The van der Waals surface area contributed by atoms with Gasteiger partial charge in [0.15, 0.2) is 6.39 Å². The maximum Gasteiger partial charge on any atom is 0.236 e. The number of carbonyl (C=O) groups is 1. The van der Waals surface area contributed by atoms with Crippen molar-refractivity contribution in [3.8, 4) is 6.07 Å². The van der Waals surface area contributed by atoms with Gasteiger partial charge in [-0.05, 0) is 0 Å². The first-order chi connectivity index (χ1) is 5.74. The molecule has 0 unspecified atom stereocenters. The fraction of sp³-hybridized carbons (Fsp3) is 0.167. The number of nitrogens with one attached hydrogen (secondary N) is 1. The molecule has 0 aliphatic carbocycles. The van der Waals surface area contributed by atoms with Gasteiger partial charge in [0, 0.05) is 0 Å². The van der Waals surface area contributed by atoms with Gasteiger partial charge in [0.1, 0.15) is 6.07 Å². The van der Waals surface area contributed by atoms with Gasteiger partial charge in [0.05, 0.1) is 6.54 Å². The maximum atomic E-state index is 10.3. The lowest BCUT2D eigenvalue weighted by Crippen LogP contribution is -2.21. The van der Waals surface area contributed by atoms with E-state index >= 15 is 0 Å². The van der Waals surface area contributed by atoms with Gasteiger partial charge in [0.25, 0.3) is 0 Å². The van der Waals surface area contributed by atoms with Crippen molar-refractivity contribution in [1.82, 2.24) is 4.98 Å². The van der Waals surface area contributed by atoms with Gasteiger partial charge in [-0.25, -0.2) is 4.98 Å². The van der Waals surface area contributed by atoms with Crippen molar-refractivity contribution in [2.24, 2.45) is 5.73 Å². The molecular weight excluding hydrogens is 160 g/mol. The van der Waals surface area contributed by atoms with E-state index < -0.39 is 5.91 Å². The Balaban J connectivity index is 2.64. The van der Waals surface area contributed by atoms with Crippen molar-refractivity contribution in [3.63, 3.8) is 0 Å². The van der Waals surface area contributed by atoms with Crippen molar-refractivity contribution in [1.29, 1.82) is 5.26 Å². The highest BCUT2D eigenvalue weighted by Gasteiger charge is 2.06. The molecule has 1 heterocycles. The van der Waals surface area contributed by atoms with Gasteiger partial charge in [-0.2, -0.15) is 5.26 Å². The molecule has 3 N–H and O–H groups in total. The van der Waals surface area contributed by atoms with Gasteiger partial charge in [0.2, 0.25) is 17.5 Å². The molecule has 0 aliphatic rings. The maximum absolute atomic E-state index is 10.3. The van der Waals surface area contributed by atoms with E-state index in [4.69, 9.17) is 15.4 Å². The predicted molar refractivity (Wildman–Crippen MR) is 38.9 cm³/mol. The minimum atomic E-state index is -0.532. The molecule has 1 rings (SSSR count). The number of primary amides is 1. The summed E-state index contributed by atoms with van der Waals surface area (Å²) in [6.45, 7) is -0.0795. The van der Waals surface area contributed by atoms with Gasteiger partial charge in [-0.1, -0.05) is 0 Å². The van der Waals surface area contributed by atoms with Crippen LogP contribution >= 0.6 is 0 Å². The van der Waals surface area contributed by atoms with Crippen LogP contribution in [0.1, 0.15) is 5.69 Å². The number of amides is 1. The lowest BCUT2D eigenvalue weighted by Gasteiger charge is -1.96. The van der Waals surface area contributed by atoms with E-state index in [1.165, 1.54) is 0 Å². The second-order valence-electron chi connectivity index (χ2n) is 1.96. The highest BCUT2D eigenvalue weighted by atomic mass is 16.4. The molecule has 0 bridgehead atoms. The lowest BCUT2D eigenvalue weighted by molar-refractivity contribution is -0.116. The number of oxazole rings is 1. The molecule has 1 amide bonds. The van der Waals surface area contributed by atoms with E-state index in [-0.39, 0.29) is 18.1 Å². The number of nitrogens with zero attached hydrogens (tertiary/aromatic N) is 2. The third-order valence-corrected chi connectivity index (χ3v) is 1.10. The van der Waals surface area contributed by atoms with Crippen molar-refractivity contribution < 1.29 is 9.21 Å². The van der Waals surface area contributed by atoms with E-state index in [9.17, 15) is 4.79 Å². The van der Waals surface area contributed by atoms with Crippen LogP contribution in [-0.4, -0.2) is 17.4 Å². The van der Waals surface area contributed by atoms with E-state index in [1.54, 1.807) is 6.07 Å². The molecule has 0 saturated carbocycles. The molecule has 12 heavy (non-hydrogen) atoms. The average Bonchev–Trinajstić information content (AvgIpc) is 2.47. The molecule has 6 heteroatoms. The lowest BCUT2D eigenvalue weighted by atomic mass is 10.5. The summed E-state index contributed by atoms with van der Waals surface area (Å²) in [7, 11) is 0. The second-order valence-corrected chi connectivity index (χ2v) is 1.96. The molecule has 0 aliphatic heterocycles. The van der Waals surface area contributed by atoms with Crippen LogP contribution in [0.15, 0.2) is 10.8 Å². The number of aromatic nitrogens is 1. The number of hydrogen-bond acceptors (Lipinski definition) is 5. The average molecular weight is 166 g/mol. The highest BCUT2D eigenvalue weighted by molar-refractivity contribution is 5.78. The van der Waals surface area contributed by atoms with Crippen molar-refractivity contribution in [3.05, 3.63) is 12.1 Å². The number of nitrogens with two attached hydrogens (primary N) is 1. The Morgan fingerprint density at radius 2 is 2.67 bits per heavy atom. The first-order valence-electron chi connectivity index (χ1n) is 3.10. The van der Waals surface area contributed by atoms with Crippen LogP contribution in [0.3, 0.4) is 0 Å². The smallest absolute Gasteiger partial charge is 0.236 e.